The number of fused-ring (bicyclic) bond motifs is 4. The number of carbonyl (C=O) groups is 2. The number of carbonyl (C=O) groups excluding carboxylic acids is 1. The van der Waals surface area contributed by atoms with Crippen molar-refractivity contribution < 1.29 is 19.4 Å². The van der Waals surface area contributed by atoms with Crippen LogP contribution < -0.4 is 0 Å². The molecule has 0 radical (unpaired) electrons. The number of aromatic nitrogens is 2. The Bertz CT molecular complexity index is 971. The van der Waals surface area contributed by atoms with Crippen LogP contribution in [0.3, 0.4) is 0 Å². The van der Waals surface area contributed by atoms with Gasteiger partial charge in [-0.3, -0.25) is 14.1 Å². The highest BCUT2D eigenvalue weighted by molar-refractivity contribution is 8.03. The number of carboxylic acid groups (broad SMARTS) is 1. The Kier molecular flexibility index (Phi) is 2.94. The Morgan fingerprint density at radius 1 is 1.50 bits per heavy atom. The van der Waals surface area contributed by atoms with Crippen molar-refractivity contribution in [3.8, 4) is 0 Å². The van der Waals surface area contributed by atoms with Crippen LogP contribution in [0.1, 0.15) is 16.3 Å². The molecule has 0 saturated carbocycles. The number of hydrogen-bond donors (Lipinski definition) is 1. The average Bonchev–Trinajstić information content (AvgIpc) is 3.22. The zero-order valence-electron chi connectivity index (χ0n) is 12.3. The van der Waals surface area contributed by atoms with Gasteiger partial charge in [0.15, 0.2) is 4.96 Å². The molecule has 0 aliphatic carbocycles. The molecule has 0 aromatic carbocycles. The van der Waals surface area contributed by atoms with Gasteiger partial charge in [-0.1, -0.05) is 11.3 Å². The van der Waals surface area contributed by atoms with Gasteiger partial charge in [0.1, 0.15) is 11.1 Å². The summed E-state index contributed by atoms with van der Waals surface area (Å²) in [5, 5.41) is 10.4. The number of thiazole rings is 1. The van der Waals surface area contributed by atoms with E-state index in [1.54, 1.807) is 17.4 Å². The molecule has 7 nitrogen and oxygen atoms in total. The fraction of sp³-hybridized carbons (Fsp3) is 0.267. The number of rotatable bonds is 2. The summed E-state index contributed by atoms with van der Waals surface area (Å²) in [6, 6.07) is 0. The molecule has 9 heteroatoms. The lowest BCUT2D eigenvalue weighted by Gasteiger charge is -2.36. The van der Waals surface area contributed by atoms with Crippen LogP contribution in [0.25, 0.3) is 11.0 Å². The van der Waals surface area contributed by atoms with Gasteiger partial charge in [-0.25, -0.2) is 9.78 Å². The second-order valence-electron chi connectivity index (χ2n) is 5.66. The molecule has 0 unspecified atom stereocenters. The molecule has 2 aromatic heterocycles. The van der Waals surface area contributed by atoms with Crippen LogP contribution in [-0.4, -0.2) is 43.2 Å². The molecule has 5 heterocycles. The number of β-lactam (4-membered cyclic amide) rings is 1. The molecule has 3 aliphatic rings. The maximum Gasteiger partial charge on any atom is 0.353 e. The molecule has 1 fully saturated rings. The van der Waals surface area contributed by atoms with Gasteiger partial charge in [-0.05, 0) is 6.08 Å². The maximum atomic E-state index is 12.2. The quantitative estimate of drug-likeness (QED) is 0.647. The maximum absolute atomic E-state index is 12.2. The molecule has 1 saturated heterocycles. The van der Waals surface area contributed by atoms with E-state index in [1.165, 1.54) is 32.6 Å². The van der Waals surface area contributed by atoms with Gasteiger partial charge in [0, 0.05) is 23.7 Å². The molecule has 24 heavy (non-hydrogen) atoms. The Morgan fingerprint density at radius 2 is 2.38 bits per heavy atom. The highest BCUT2D eigenvalue weighted by atomic mass is 32.2. The van der Waals surface area contributed by atoms with Crippen LogP contribution in [0.2, 0.25) is 0 Å². The van der Waals surface area contributed by atoms with Crippen molar-refractivity contribution in [2.24, 2.45) is 0 Å². The lowest BCUT2D eigenvalue weighted by atomic mass is 10.0. The summed E-state index contributed by atoms with van der Waals surface area (Å²) in [4.78, 5) is 31.3. The van der Waals surface area contributed by atoms with Crippen molar-refractivity contribution in [3.63, 3.8) is 0 Å². The summed E-state index contributed by atoms with van der Waals surface area (Å²) in [5.41, 5.74) is 2.59. The summed E-state index contributed by atoms with van der Waals surface area (Å²) in [5.74, 6) is -1.33. The Morgan fingerprint density at radius 3 is 3.21 bits per heavy atom. The Hall–Kier alpha value is -2.10. The molecule has 1 N–H and O–H groups in total. The highest BCUT2D eigenvalue weighted by Crippen LogP contribution is 2.45. The van der Waals surface area contributed by atoms with Gasteiger partial charge in [-0.15, -0.1) is 11.8 Å². The number of thioether (sulfide) groups is 1. The molecule has 0 bridgehead atoms. The lowest BCUT2D eigenvalue weighted by Crippen LogP contribution is -2.51. The monoisotopic (exact) mass is 361 g/mol. The lowest BCUT2D eigenvalue weighted by molar-refractivity contribution is -0.141. The molecule has 5 rings (SSSR count). The third-order valence-corrected chi connectivity index (χ3v) is 6.44. The predicted octanol–water partition coefficient (Wildman–Crippen LogP) is 1.69. The van der Waals surface area contributed by atoms with Gasteiger partial charge in [0.05, 0.1) is 29.4 Å². The SMILES string of the molecule is O=C(O)C1=CS[C@@H]2C(=Cc3cn4c5c(sc4n3)COCC5)C(=O)N12. The third-order valence-electron chi connectivity index (χ3n) is 4.29. The number of carboxylic acids is 1. The van der Waals surface area contributed by atoms with Crippen LogP contribution in [0.5, 0.6) is 0 Å². The summed E-state index contributed by atoms with van der Waals surface area (Å²) >= 11 is 2.94. The van der Waals surface area contributed by atoms with Crippen LogP contribution in [0.15, 0.2) is 22.9 Å². The first-order chi connectivity index (χ1) is 11.6. The molecule has 122 valence electrons. The van der Waals surface area contributed by atoms with Gasteiger partial charge in [-0.2, -0.15) is 0 Å². The van der Waals surface area contributed by atoms with Crippen molar-refractivity contribution in [3.05, 3.63) is 39.1 Å². The zero-order chi connectivity index (χ0) is 16.4. The van der Waals surface area contributed by atoms with Gasteiger partial charge >= 0.3 is 5.97 Å². The molecular weight excluding hydrogens is 350 g/mol. The molecule has 1 amide bonds. The van der Waals surface area contributed by atoms with Crippen molar-refractivity contribution >= 4 is 46.0 Å². The number of imidazole rings is 1. The van der Waals surface area contributed by atoms with Gasteiger partial charge in [0.25, 0.3) is 5.91 Å². The fourth-order valence-electron chi connectivity index (χ4n) is 3.15. The van der Waals surface area contributed by atoms with E-state index in [0.29, 0.717) is 18.8 Å². The van der Waals surface area contributed by atoms with Crippen LogP contribution in [0.4, 0.5) is 0 Å². The summed E-state index contributed by atoms with van der Waals surface area (Å²) in [6.45, 7) is 1.35. The molecule has 3 aliphatic heterocycles. The first kappa shape index (κ1) is 14.3. The second-order valence-corrected chi connectivity index (χ2v) is 7.68. The summed E-state index contributed by atoms with van der Waals surface area (Å²) in [7, 11) is 0. The van der Waals surface area contributed by atoms with E-state index in [1.807, 2.05) is 6.20 Å². The number of nitrogens with zero attached hydrogens (tertiary/aromatic N) is 3. The third kappa shape index (κ3) is 1.86. The Balaban J connectivity index is 1.47. The minimum Gasteiger partial charge on any atom is -0.477 e. The average molecular weight is 361 g/mol. The number of aliphatic carboxylic acids is 1. The molecular formula is C15H11N3O4S2. The zero-order valence-corrected chi connectivity index (χ0v) is 13.9. The normalized spacial score (nSPS) is 24.1. The topological polar surface area (TPSA) is 84.1 Å². The first-order valence-electron chi connectivity index (χ1n) is 7.35. The number of ether oxygens (including phenoxy) is 1. The smallest absolute Gasteiger partial charge is 0.353 e. The minimum atomic E-state index is -1.08. The van der Waals surface area contributed by atoms with Crippen molar-refractivity contribution in [2.45, 2.75) is 18.4 Å². The largest absolute Gasteiger partial charge is 0.477 e. The van der Waals surface area contributed by atoms with E-state index in [9.17, 15) is 9.59 Å². The molecule has 0 spiro atoms. The number of hydrogen-bond acceptors (Lipinski definition) is 6. The van der Waals surface area contributed by atoms with Crippen molar-refractivity contribution in [1.29, 1.82) is 0 Å². The van der Waals surface area contributed by atoms with Crippen LogP contribution in [0, 0.1) is 0 Å². The van der Waals surface area contributed by atoms with E-state index in [2.05, 4.69) is 9.38 Å². The van der Waals surface area contributed by atoms with Crippen molar-refractivity contribution in [2.75, 3.05) is 6.61 Å². The molecule has 1 atom stereocenters. The van der Waals surface area contributed by atoms with Crippen molar-refractivity contribution in [1.82, 2.24) is 14.3 Å². The Labute approximate surface area is 144 Å². The van der Waals surface area contributed by atoms with Gasteiger partial charge in [0.2, 0.25) is 0 Å². The highest BCUT2D eigenvalue weighted by Gasteiger charge is 2.49. The van der Waals surface area contributed by atoms with E-state index in [4.69, 9.17) is 9.84 Å². The standard InChI is InChI=1S/C15H11N3O4S2/c19-12-8(13-18(12)10(6-23-13)14(20)21)3-7-4-17-9-1-2-22-5-11(9)24-15(17)16-7/h3-4,6,13H,1-2,5H2,(H,20,21)/t13-/m1/s1. The first-order valence-corrected chi connectivity index (χ1v) is 9.11. The van der Waals surface area contributed by atoms with E-state index in [0.717, 1.165) is 17.1 Å². The van der Waals surface area contributed by atoms with E-state index >= 15 is 0 Å². The summed E-state index contributed by atoms with van der Waals surface area (Å²) in [6.07, 6.45) is 4.56. The predicted molar refractivity (Wildman–Crippen MR) is 88.3 cm³/mol. The number of amides is 1. The van der Waals surface area contributed by atoms with Crippen LogP contribution >= 0.6 is 23.1 Å². The van der Waals surface area contributed by atoms with Crippen LogP contribution in [-0.2, 0) is 27.4 Å². The van der Waals surface area contributed by atoms with E-state index < -0.39 is 5.97 Å². The van der Waals surface area contributed by atoms with Gasteiger partial charge < -0.3 is 9.84 Å². The second kappa shape index (κ2) is 4.95. The van der Waals surface area contributed by atoms with E-state index in [-0.39, 0.29) is 17.0 Å². The molecule has 2 aromatic rings. The summed E-state index contributed by atoms with van der Waals surface area (Å²) < 4.78 is 7.53. The fourth-order valence-corrected chi connectivity index (χ4v) is 5.36. The minimum absolute atomic E-state index is 0.0482.